The van der Waals surface area contributed by atoms with Crippen LogP contribution in [0.15, 0.2) is 70.6 Å². The van der Waals surface area contributed by atoms with Crippen molar-refractivity contribution in [2.24, 2.45) is 0 Å². The van der Waals surface area contributed by atoms with Crippen LogP contribution in [0, 0.1) is 6.92 Å². The molecule has 2 nitrogen and oxygen atoms in total. The minimum Gasteiger partial charge on any atom is -0.382 e. The Bertz CT molecular complexity index is 630. The number of carbonyl (C=O) groups excluding carboxylic acids is 1. The van der Waals surface area contributed by atoms with Crippen molar-refractivity contribution in [1.29, 1.82) is 0 Å². The second kappa shape index (κ2) is 7.14. The van der Waals surface area contributed by atoms with E-state index in [0.29, 0.717) is 5.56 Å². The summed E-state index contributed by atoms with van der Waals surface area (Å²) in [6.45, 7) is 2.06. The minimum atomic E-state index is 0.0508. The van der Waals surface area contributed by atoms with E-state index in [1.54, 1.807) is 0 Å². The van der Waals surface area contributed by atoms with Crippen LogP contribution >= 0.6 is 11.8 Å². The van der Waals surface area contributed by atoms with E-state index >= 15 is 0 Å². The third-order valence-electron chi connectivity index (χ3n) is 2.88. The first-order valence-electron chi connectivity index (χ1n) is 6.79. The molecule has 0 heterocycles. The first kappa shape index (κ1) is 15.4. The lowest BCUT2D eigenvalue weighted by atomic mass is 10.1. The van der Waals surface area contributed by atoms with Crippen molar-refractivity contribution in [3.63, 3.8) is 0 Å². The Morgan fingerprint density at radius 3 is 2.19 bits per heavy atom. The Morgan fingerprint density at radius 2 is 1.62 bits per heavy atom. The molecule has 0 aliphatic carbocycles. The fraction of sp³-hybridized carbons (Fsp3) is 0.167. The first-order chi connectivity index (χ1) is 10.1. The summed E-state index contributed by atoms with van der Waals surface area (Å²) in [5, 5.41) is 0. The number of rotatable bonds is 5. The number of carbonyl (C=O) groups is 1. The molecule has 0 N–H and O–H groups in total. The standard InChI is InChI=1S/C18H19NOS/c1-14-9-11-16(12-10-14)21-17(13-19(2)3)18(20)15-7-5-4-6-8-15/h4-13H,1-3H3/b17-13+. The van der Waals surface area contributed by atoms with Crippen LogP contribution in [0.5, 0.6) is 0 Å². The van der Waals surface area contributed by atoms with Gasteiger partial charge in [-0.05, 0) is 19.1 Å². The number of benzene rings is 2. The predicted molar refractivity (Wildman–Crippen MR) is 89.6 cm³/mol. The smallest absolute Gasteiger partial charge is 0.201 e. The molecule has 108 valence electrons. The quantitative estimate of drug-likeness (QED) is 0.464. The summed E-state index contributed by atoms with van der Waals surface area (Å²) in [7, 11) is 3.85. The molecular formula is C18H19NOS. The summed E-state index contributed by atoms with van der Waals surface area (Å²) in [4.78, 5) is 16.3. The highest BCUT2D eigenvalue weighted by atomic mass is 32.2. The number of Topliss-reactive ketones (excluding diaryl/α,β-unsaturated/α-hetero) is 1. The van der Waals surface area contributed by atoms with Gasteiger partial charge in [0.2, 0.25) is 5.78 Å². The molecule has 0 aromatic heterocycles. The summed E-state index contributed by atoms with van der Waals surface area (Å²) in [5.74, 6) is 0.0508. The molecule has 0 fully saturated rings. The predicted octanol–water partition coefficient (Wildman–Crippen LogP) is 4.37. The van der Waals surface area contributed by atoms with Gasteiger partial charge in [0.05, 0.1) is 4.91 Å². The number of hydrogen-bond acceptors (Lipinski definition) is 3. The number of thioether (sulfide) groups is 1. The minimum absolute atomic E-state index is 0.0508. The normalized spacial score (nSPS) is 11.3. The first-order valence-corrected chi connectivity index (χ1v) is 7.60. The van der Waals surface area contributed by atoms with Gasteiger partial charge in [0.1, 0.15) is 0 Å². The Kier molecular flexibility index (Phi) is 5.23. The molecule has 0 bridgehead atoms. The zero-order valence-electron chi connectivity index (χ0n) is 12.5. The van der Waals surface area contributed by atoms with E-state index in [-0.39, 0.29) is 5.78 Å². The highest BCUT2D eigenvalue weighted by Gasteiger charge is 2.14. The molecule has 0 aliphatic rings. The third kappa shape index (κ3) is 4.50. The van der Waals surface area contributed by atoms with Gasteiger partial charge in [0.25, 0.3) is 0 Å². The second-order valence-corrected chi connectivity index (χ2v) is 6.18. The fourth-order valence-corrected chi connectivity index (χ4v) is 2.83. The zero-order valence-corrected chi connectivity index (χ0v) is 13.4. The van der Waals surface area contributed by atoms with E-state index in [4.69, 9.17) is 0 Å². The van der Waals surface area contributed by atoms with Crippen molar-refractivity contribution in [3.8, 4) is 0 Å². The van der Waals surface area contributed by atoms with Gasteiger partial charge in [-0.15, -0.1) is 0 Å². The van der Waals surface area contributed by atoms with Crippen molar-refractivity contribution >= 4 is 17.5 Å². The molecule has 0 radical (unpaired) electrons. The molecule has 0 amide bonds. The van der Waals surface area contributed by atoms with Gasteiger partial charge < -0.3 is 4.90 Å². The maximum absolute atomic E-state index is 12.6. The van der Waals surface area contributed by atoms with Crippen LogP contribution in [-0.4, -0.2) is 24.8 Å². The third-order valence-corrected chi connectivity index (χ3v) is 3.90. The van der Waals surface area contributed by atoms with E-state index in [1.165, 1.54) is 17.3 Å². The molecule has 0 atom stereocenters. The summed E-state index contributed by atoms with van der Waals surface area (Å²) in [5.41, 5.74) is 1.93. The van der Waals surface area contributed by atoms with E-state index in [1.807, 2.05) is 67.7 Å². The molecule has 21 heavy (non-hydrogen) atoms. The summed E-state index contributed by atoms with van der Waals surface area (Å²) in [6.07, 6.45) is 1.87. The highest BCUT2D eigenvalue weighted by Crippen LogP contribution is 2.29. The average Bonchev–Trinajstić information content (AvgIpc) is 2.48. The number of allylic oxidation sites excluding steroid dienone is 1. The molecular weight excluding hydrogens is 278 g/mol. The topological polar surface area (TPSA) is 20.3 Å². The lowest BCUT2D eigenvalue weighted by molar-refractivity contribution is 0.104. The largest absolute Gasteiger partial charge is 0.382 e. The second-order valence-electron chi connectivity index (χ2n) is 5.07. The Hall–Kier alpha value is -2.00. The lowest BCUT2D eigenvalue weighted by Crippen LogP contribution is -2.08. The van der Waals surface area contributed by atoms with Gasteiger partial charge >= 0.3 is 0 Å². The van der Waals surface area contributed by atoms with Gasteiger partial charge in [-0.2, -0.15) is 0 Å². The fourth-order valence-electron chi connectivity index (χ4n) is 1.83. The molecule has 2 aromatic rings. The van der Waals surface area contributed by atoms with Crippen LogP contribution in [0.25, 0.3) is 0 Å². The van der Waals surface area contributed by atoms with Crippen LogP contribution in [0.1, 0.15) is 15.9 Å². The number of hydrogen-bond donors (Lipinski definition) is 0. The molecule has 2 aromatic carbocycles. The molecule has 0 saturated carbocycles. The van der Waals surface area contributed by atoms with Gasteiger partial charge in [-0.3, -0.25) is 4.79 Å². The number of ketones is 1. The summed E-state index contributed by atoms with van der Waals surface area (Å²) < 4.78 is 0. The van der Waals surface area contributed by atoms with Crippen molar-refractivity contribution in [2.75, 3.05) is 14.1 Å². The van der Waals surface area contributed by atoms with Crippen molar-refractivity contribution in [2.45, 2.75) is 11.8 Å². The van der Waals surface area contributed by atoms with Crippen molar-refractivity contribution in [1.82, 2.24) is 4.90 Å². The maximum Gasteiger partial charge on any atom is 0.201 e. The Balaban J connectivity index is 2.27. The van der Waals surface area contributed by atoms with E-state index in [2.05, 4.69) is 19.1 Å². The van der Waals surface area contributed by atoms with Gasteiger partial charge in [0.15, 0.2) is 0 Å². The van der Waals surface area contributed by atoms with Crippen LogP contribution in [-0.2, 0) is 0 Å². The Morgan fingerprint density at radius 1 is 1.00 bits per heavy atom. The van der Waals surface area contributed by atoms with Gasteiger partial charge in [0, 0.05) is 30.8 Å². The summed E-state index contributed by atoms with van der Waals surface area (Å²) >= 11 is 1.50. The molecule has 0 aliphatic heterocycles. The van der Waals surface area contributed by atoms with Gasteiger partial charge in [-0.1, -0.05) is 59.8 Å². The van der Waals surface area contributed by atoms with Crippen molar-refractivity contribution < 1.29 is 4.79 Å². The van der Waals surface area contributed by atoms with Crippen LogP contribution in [0.2, 0.25) is 0 Å². The van der Waals surface area contributed by atoms with E-state index in [0.717, 1.165) is 9.80 Å². The SMILES string of the molecule is Cc1ccc(S/C(=C/N(C)C)C(=O)c2ccccc2)cc1. The lowest BCUT2D eigenvalue weighted by Gasteiger charge is -2.11. The molecule has 3 heteroatoms. The monoisotopic (exact) mass is 297 g/mol. The number of nitrogens with zero attached hydrogens (tertiary/aromatic N) is 1. The highest BCUT2D eigenvalue weighted by molar-refractivity contribution is 8.04. The van der Waals surface area contributed by atoms with Crippen LogP contribution < -0.4 is 0 Å². The molecule has 0 spiro atoms. The van der Waals surface area contributed by atoms with Crippen molar-refractivity contribution in [3.05, 3.63) is 76.8 Å². The molecule has 0 saturated heterocycles. The Labute approximate surface area is 130 Å². The van der Waals surface area contributed by atoms with Crippen LogP contribution in [0.4, 0.5) is 0 Å². The molecule has 0 unspecified atom stereocenters. The van der Waals surface area contributed by atoms with Gasteiger partial charge in [-0.25, -0.2) is 0 Å². The zero-order chi connectivity index (χ0) is 15.2. The van der Waals surface area contributed by atoms with Crippen LogP contribution in [0.3, 0.4) is 0 Å². The average molecular weight is 297 g/mol. The number of aryl methyl sites for hydroxylation is 1. The maximum atomic E-state index is 12.6. The molecule has 2 rings (SSSR count). The summed E-state index contributed by atoms with van der Waals surface area (Å²) in [6, 6.07) is 17.6. The van der Waals surface area contributed by atoms with E-state index in [9.17, 15) is 4.79 Å². The van der Waals surface area contributed by atoms with E-state index < -0.39 is 0 Å².